The molecule has 3 saturated heterocycles. The molecule has 3 aliphatic rings. The molecule has 0 unspecified atom stereocenters. The average Bonchev–Trinajstić information content (AvgIpc) is 1.45. The molecular weight excluding hydrogens is 1330 g/mol. The van der Waals surface area contributed by atoms with Gasteiger partial charge in [-0.2, -0.15) is 0 Å². The quantitative estimate of drug-likeness (QED) is 0.0430. The second-order valence-electron chi connectivity index (χ2n) is 26.3. The van der Waals surface area contributed by atoms with Crippen LogP contribution >= 0.6 is 0 Å². The van der Waals surface area contributed by atoms with Gasteiger partial charge in [-0.1, -0.05) is 116 Å². The van der Waals surface area contributed by atoms with Crippen LogP contribution in [0.5, 0.6) is 0 Å². The smallest absolute Gasteiger partial charge is 0.305 e. The molecule has 4 heterocycles. The number of benzene rings is 1. The van der Waals surface area contributed by atoms with Gasteiger partial charge >= 0.3 is 17.9 Å². The fourth-order valence-corrected chi connectivity index (χ4v) is 12.4. The van der Waals surface area contributed by atoms with Crippen LogP contribution < -0.4 is 58.5 Å². The second kappa shape index (κ2) is 42.5. The number of aliphatic carboxylic acids is 3. The number of para-hydroxylation sites is 1. The number of aromatic nitrogens is 1. The summed E-state index contributed by atoms with van der Waals surface area (Å²) in [6.45, 7) is 2.61. The predicted molar refractivity (Wildman–Crippen MR) is 365 cm³/mol. The standard InChI is InChI=1S/C68H102N14O20/c1-5-7-8-9-10-11-12-13-14-15-16-17-27-51(84)74-44(30-41-34-69-43-24-19-18-23-42(41)43)62(96)77-47(33-57(92)93)63(97)78-48-35-70-64(98)50-26-22-29-82(50)68(102)58(39(3)6-2)80-66(100)59(40(4)83)79-54(87)38-72-61(95)46(32-56(90)91)75-52(85)36-71-60(94)45(31-55(88)89)76-53(86)37-73-65(99)49-25-20-21-28-81(49)67(48)101/h18-19,23-24,34,39-40,44-50,58-59,69,83H,5-17,20-22,25-33,35-38H2,1-4H3,(H,70,98)(H,71,94)(H,72,95)(H,73,99)(H,74,84)(H,75,85)(H,76,86)(H,77,96)(H,78,97)(H,79,87)(H,80,100)(H,88,89)(H,90,91)(H,92,93)/t39-,40+,44-,45-,46-,47+,48-,49-,50-,58-,59-/m0/s1. The van der Waals surface area contributed by atoms with E-state index in [1.165, 1.54) is 43.4 Å². The molecule has 0 aliphatic carbocycles. The predicted octanol–water partition coefficient (Wildman–Crippen LogP) is -1.10. The summed E-state index contributed by atoms with van der Waals surface area (Å²) < 4.78 is 0. The number of carbonyl (C=O) groups is 16. The van der Waals surface area contributed by atoms with Crippen molar-refractivity contribution < 1.29 is 97.1 Å². The van der Waals surface area contributed by atoms with E-state index in [9.17, 15) is 92.3 Å². The number of carboxylic acid groups (broad SMARTS) is 3. The van der Waals surface area contributed by atoms with E-state index < -0.39 is 207 Å². The van der Waals surface area contributed by atoms with Crippen LogP contribution in [0.25, 0.3) is 10.9 Å². The number of H-pyrrole nitrogens is 1. The summed E-state index contributed by atoms with van der Waals surface area (Å²) in [7, 11) is 0. The fourth-order valence-electron chi connectivity index (χ4n) is 12.4. The summed E-state index contributed by atoms with van der Waals surface area (Å²) in [6.07, 6.45) is 10.4. The highest BCUT2D eigenvalue weighted by Crippen LogP contribution is 2.24. The number of amides is 13. The zero-order chi connectivity index (χ0) is 75.0. The molecule has 564 valence electrons. The van der Waals surface area contributed by atoms with Crippen LogP contribution in [0, 0.1) is 5.92 Å². The SMILES string of the molecule is CCCCCCCCCCCCCCC(=O)N[C@@H](Cc1c[nH]c2ccccc12)C(=O)N[C@H](CC(=O)O)C(=O)N[C@H]1CNC(=O)[C@@H]2CCCN2C(=O)[C@H]([C@@H](C)CC)NC(=O)[C@H]([C@@H](C)O)NC(=O)CNC(=O)[C@H](CC(=O)O)NC(=O)CNC(=O)[C@H](CC(=O)O)NC(=O)CNC(=O)[C@@H]2CCCCN2C1=O. The zero-order valence-electron chi connectivity index (χ0n) is 58.5. The minimum Gasteiger partial charge on any atom is -0.481 e. The number of fused-ring (bicyclic) bond motifs is 3. The van der Waals surface area contributed by atoms with E-state index >= 15 is 4.79 Å². The molecule has 34 heteroatoms. The number of rotatable bonds is 29. The van der Waals surface area contributed by atoms with Crippen molar-refractivity contribution in [2.24, 2.45) is 5.92 Å². The maximum Gasteiger partial charge on any atom is 0.305 e. The molecule has 102 heavy (non-hydrogen) atoms. The number of unbranched alkanes of at least 4 members (excludes halogenated alkanes) is 11. The summed E-state index contributed by atoms with van der Waals surface area (Å²) in [5, 5.41) is 66.8. The summed E-state index contributed by atoms with van der Waals surface area (Å²) in [5.41, 5.74) is 1.31. The van der Waals surface area contributed by atoms with Crippen LogP contribution in [0.2, 0.25) is 0 Å². The number of hydrogen-bond acceptors (Lipinski definition) is 17. The molecule has 1 aromatic heterocycles. The highest BCUT2D eigenvalue weighted by molar-refractivity contribution is 6.01. The summed E-state index contributed by atoms with van der Waals surface area (Å²) in [4.78, 5) is 224. The van der Waals surface area contributed by atoms with Crippen molar-refractivity contribution in [3.63, 3.8) is 0 Å². The second-order valence-corrected chi connectivity index (χ2v) is 26.3. The molecule has 1 aromatic carbocycles. The summed E-state index contributed by atoms with van der Waals surface area (Å²) >= 11 is 0. The Morgan fingerprint density at radius 3 is 1.63 bits per heavy atom. The van der Waals surface area contributed by atoms with Gasteiger partial charge in [0.2, 0.25) is 76.8 Å². The Hall–Kier alpha value is -9.76. The first-order chi connectivity index (χ1) is 48.6. The van der Waals surface area contributed by atoms with Gasteiger partial charge in [0.1, 0.15) is 54.4 Å². The topological polar surface area (TPSA) is 509 Å². The van der Waals surface area contributed by atoms with Crippen LogP contribution in [0.1, 0.15) is 175 Å². The number of nitrogens with zero attached hydrogens (tertiary/aromatic N) is 2. The molecule has 0 radical (unpaired) electrons. The highest BCUT2D eigenvalue weighted by Gasteiger charge is 2.43. The summed E-state index contributed by atoms with van der Waals surface area (Å²) in [6, 6.07) is -7.90. The largest absolute Gasteiger partial charge is 0.481 e. The number of piperidine rings is 1. The minimum atomic E-state index is -1.97. The maximum absolute atomic E-state index is 15.2. The van der Waals surface area contributed by atoms with E-state index in [2.05, 4.69) is 70.4 Å². The highest BCUT2D eigenvalue weighted by atomic mass is 16.4. The van der Waals surface area contributed by atoms with Crippen molar-refractivity contribution in [2.75, 3.05) is 39.3 Å². The third kappa shape index (κ3) is 27.0. The van der Waals surface area contributed by atoms with Crippen molar-refractivity contribution >= 4 is 106 Å². The summed E-state index contributed by atoms with van der Waals surface area (Å²) in [5.74, 6) is -19.0. The Kier molecular flexibility index (Phi) is 34.5. The van der Waals surface area contributed by atoms with E-state index in [0.29, 0.717) is 29.3 Å². The van der Waals surface area contributed by atoms with Gasteiger partial charge in [-0.25, -0.2) is 0 Å². The van der Waals surface area contributed by atoms with Crippen LogP contribution in [-0.4, -0.2) is 230 Å². The van der Waals surface area contributed by atoms with E-state index in [-0.39, 0.29) is 58.0 Å². The van der Waals surface area contributed by atoms with Crippen molar-refractivity contribution in [3.05, 3.63) is 36.0 Å². The van der Waals surface area contributed by atoms with Crippen LogP contribution in [0.3, 0.4) is 0 Å². The lowest BCUT2D eigenvalue weighted by molar-refractivity contribution is -0.146. The Morgan fingerprint density at radius 2 is 1.07 bits per heavy atom. The van der Waals surface area contributed by atoms with Crippen LogP contribution in [0.4, 0.5) is 0 Å². The molecule has 3 aliphatic heterocycles. The normalized spacial score (nSPS) is 22.5. The molecular formula is C68H102N14O20. The first kappa shape index (κ1) is 82.9. The van der Waals surface area contributed by atoms with Gasteiger partial charge in [0.05, 0.1) is 45.0 Å². The number of hydrogen-bond donors (Lipinski definition) is 16. The number of aliphatic hydroxyl groups is 1. The Morgan fingerprint density at radius 1 is 0.549 bits per heavy atom. The van der Waals surface area contributed by atoms with E-state index in [1.807, 2.05) is 0 Å². The molecule has 0 bridgehead atoms. The van der Waals surface area contributed by atoms with Gasteiger partial charge in [0.25, 0.3) is 0 Å². The molecule has 16 N–H and O–H groups in total. The average molecular weight is 1440 g/mol. The lowest BCUT2D eigenvalue weighted by Gasteiger charge is -2.37. The Labute approximate surface area is 591 Å². The first-order valence-electron chi connectivity index (χ1n) is 35.3. The molecule has 11 atom stereocenters. The van der Waals surface area contributed by atoms with Gasteiger partial charge in [-0.05, 0) is 63.0 Å². The van der Waals surface area contributed by atoms with E-state index in [1.54, 1.807) is 44.3 Å². The molecule has 5 rings (SSSR count). The number of aliphatic hydroxyl groups excluding tert-OH is 1. The maximum atomic E-state index is 15.2. The van der Waals surface area contributed by atoms with Gasteiger partial charge < -0.3 is 93.7 Å². The fraction of sp³-hybridized carbons (Fsp3) is 0.647. The zero-order valence-corrected chi connectivity index (χ0v) is 58.5. The number of carboxylic acids is 3. The van der Waals surface area contributed by atoms with Crippen molar-refractivity contribution in [2.45, 2.75) is 236 Å². The Balaban J connectivity index is 1.46. The molecule has 34 nitrogen and oxygen atoms in total. The third-order valence-electron chi connectivity index (χ3n) is 18.2. The van der Waals surface area contributed by atoms with Crippen molar-refractivity contribution in [1.82, 2.24) is 73.3 Å². The van der Waals surface area contributed by atoms with Crippen LogP contribution in [-0.2, 0) is 83.1 Å². The van der Waals surface area contributed by atoms with Crippen molar-refractivity contribution in [3.8, 4) is 0 Å². The number of aromatic amines is 1. The monoisotopic (exact) mass is 1430 g/mol. The van der Waals surface area contributed by atoms with Gasteiger partial charge in [0, 0.05) is 49.6 Å². The van der Waals surface area contributed by atoms with Gasteiger partial charge in [-0.15, -0.1) is 0 Å². The van der Waals surface area contributed by atoms with Crippen molar-refractivity contribution in [1.29, 1.82) is 0 Å². The number of nitrogens with one attached hydrogen (secondary N) is 12. The molecule has 2 aromatic rings. The molecule has 13 amide bonds. The molecule has 0 spiro atoms. The first-order valence-corrected chi connectivity index (χ1v) is 35.3. The van der Waals surface area contributed by atoms with E-state index in [4.69, 9.17) is 0 Å². The lowest BCUT2D eigenvalue weighted by atomic mass is 9.96. The molecule has 3 fully saturated rings. The lowest BCUT2D eigenvalue weighted by Crippen LogP contribution is -2.63. The van der Waals surface area contributed by atoms with Gasteiger partial charge in [0.15, 0.2) is 0 Å². The van der Waals surface area contributed by atoms with E-state index in [0.717, 1.165) is 43.9 Å². The minimum absolute atomic E-state index is 0.0187. The van der Waals surface area contributed by atoms with Gasteiger partial charge in [-0.3, -0.25) is 76.7 Å². The van der Waals surface area contributed by atoms with Crippen LogP contribution in [0.15, 0.2) is 30.5 Å². The Bertz CT molecular complexity index is 3290. The third-order valence-corrected chi connectivity index (χ3v) is 18.2. The number of carbonyl (C=O) groups excluding carboxylic acids is 13. The molecule has 0 saturated carbocycles.